The number of halogens is 3. The van der Waals surface area contributed by atoms with Crippen molar-refractivity contribution >= 4 is 35.0 Å². The van der Waals surface area contributed by atoms with Crippen molar-refractivity contribution in [3.8, 4) is 6.07 Å². The Labute approximate surface area is 239 Å². The number of furan rings is 1. The van der Waals surface area contributed by atoms with E-state index in [9.17, 15) is 28.0 Å². The molecule has 4 rings (SSSR count). The molecule has 1 aliphatic heterocycles. The molecule has 1 unspecified atom stereocenters. The van der Waals surface area contributed by atoms with Crippen LogP contribution in [0.3, 0.4) is 0 Å². The summed E-state index contributed by atoms with van der Waals surface area (Å²) in [6, 6.07) is 15.6. The molecule has 1 aromatic heterocycles. The highest BCUT2D eigenvalue weighted by atomic mass is 32.2. The number of carbonyl (C=O) groups is 2. The SMILES string of the molecule is CCc1cccc(C)c1NC(=O)C1=C(C)NC(SCC(=O)Nc2cccc(C(F)(F)F)c2)=C(C#N)C1c1ccco1. The summed E-state index contributed by atoms with van der Waals surface area (Å²) in [5.74, 6) is -1.64. The minimum absolute atomic E-state index is 0.00247. The van der Waals surface area contributed by atoms with Gasteiger partial charge in [-0.3, -0.25) is 9.59 Å². The van der Waals surface area contributed by atoms with Crippen LogP contribution < -0.4 is 16.0 Å². The number of nitrogens with zero attached hydrogens (tertiary/aromatic N) is 1. The molecule has 0 saturated carbocycles. The van der Waals surface area contributed by atoms with Gasteiger partial charge in [-0.15, -0.1) is 0 Å². The van der Waals surface area contributed by atoms with Crippen LogP contribution in [0.4, 0.5) is 24.5 Å². The molecule has 1 atom stereocenters. The maximum absolute atomic E-state index is 13.7. The largest absolute Gasteiger partial charge is 0.468 e. The van der Waals surface area contributed by atoms with E-state index in [2.05, 4.69) is 22.0 Å². The Bertz CT molecular complexity index is 1570. The van der Waals surface area contributed by atoms with E-state index < -0.39 is 29.5 Å². The number of thioether (sulfide) groups is 1. The van der Waals surface area contributed by atoms with E-state index >= 15 is 0 Å². The zero-order valence-corrected chi connectivity index (χ0v) is 23.3. The van der Waals surface area contributed by atoms with E-state index in [0.717, 1.165) is 35.0 Å². The number of nitriles is 1. The Kier molecular flexibility index (Phi) is 8.93. The summed E-state index contributed by atoms with van der Waals surface area (Å²) in [4.78, 5) is 26.3. The first-order valence-corrected chi connectivity index (χ1v) is 13.7. The average molecular weight is 581 g/mol. The van der Waals surface area contributed by atoms with Gasteiger partial charge in [0.15, 0.2) is 0 Å². The summed E-state index contributed by atoms with van der Waals surface area (Å²) in [6.45, 7) is 5.59. The van der Waals surface area contributed by atoms with Crippen LogP contribution >= 0.6 is 11.8 Å². The molecule has 0 fully saturated rings. The molecule has 1 aliphatic rings. The predicted octanol–water partition coefficient (Wildman–Crippen LogP) is 6.88. The second kappa shape index (κ2) is 12.4. The number of anilines is 2. The Hall–Kier alpha value is -4.43. The van der Waals surface area contributed by atoms with Crippen molar-refractivity contribution in [3.63, 3.8) is 0 Å². The molecule has 212 valence electrons. The molecule has 3 N–H and O–H groups in total. The van der Waals surface area contributed by atoms with Crippen molar-refractivity contribution in [1.82, 2.24) is 5.32 Å². The van der Waals surface area contributed by atoms with E-state index in [4.69, 9.17) is 4.42 Å². The molecule has 3 aromatic rings. The standard InChI is InChI=1S/C30H27F3N4O3S/c1-4-19-9-5-8-17(2)27(19)37-28(39)25-18(3)35-29(22(15-34)26(25)23-12-7-13-40-23)41-16-24(38)36-21-11-6-10-20(14-21)30(31,32)33/h5-14,26,35H,4,16H2,1-3H3,(H,36,38)(H,37,39). The molecule has 2 amide bonds. The molecule has 41 heavy (non-hydrogen) atoms. The maximum Gasteiger partial charge on any atom is 0.416 e. The third kappa shape index (κ3) is 6.66. The highest BCUT2D eigenvalue weighted by Crippen LogP contribution is 2.41. The first kappa shape index (κ1) is 29.6. The number of benzene rings is 2. The number of hydrogen-bond donors (Lipinski definition) is 3. The molecule has 2 heterocycles. The van der Waals surface area contributed by atoms with Crippen molar-refractivity contribution in [1.29, 1.82) is 5.26 Å². The molecule has 2 aromatic carbocycles. The van der Waals surface area contributed by atoms with Crippen LogP contribution in [0.2, 0.25) is 0 Å². The van der Waals surface area contributed by atoms with Gasteiger partial charge in [-0.2, -0.15) is 18.4 Å². The molecule has 0 spiro atoms. The van der Waals surface area contributed by atoms with Gasteiger partial charge in [0.25, 0.3) is 5.91 Å². The highest BCUT2D eigenvalue weighted by molar-refractivity contribution is 8.03. The molecular formula is C30H27F3N4O3S. The normalized spacial score (nSPS) is 15.3. The highest BCUT2D eigenvalue weighted by Gasteiger charge is 2.37. The van der Waals surface area contributed by atoms with Crippen LogP contribution in [0.25, 0.3) is 0 Å². The quantitative estimate of drug-likeness (QED) is 0.268. The fraction of sp³-hybridized carbons (Fsp3) is 0.233. The van der Waals surface area contributed by atoms with Gasteiger partial charge in [0.05, 0.1) is 45.7 Å². The Morgan fingerprint density at radius 3 is 2.51 bits per heavy atom. The number of nitrogens with one attached hydrogen (secondary N) is 3. The van der Waals surface area contributed by atoms with E-state index in [1.807, 2.05) is 32.0 Å². The second-order valence-corrected chi connectivity index (χ2v) is 10.3. The van der Waals surface area contributed by atoms with Crippen molar-refractivity contribution in [2.75, 3.05) is 16.4 Å². The van der Waals surface area contributed by atoms with Gasteiger partial charge in [-0.1, -0.05) is 43.0 Å². The number of carbonyl (C=O) groups excluding carboxylic acids is 2. The zero-order valence-electron chi connectivity index (χ0n) is 22.5. The first-order chi connectivity index (χ1) is 19.5. The number of alkyl halides is 3. The van der Waals surface area contributed by atoms with Crippen LogP contribution in [0.5, 0.6) is 0 Å². The number of para-hydroxylation sites is 1. The minimum Gasteiger partial charge on any atom is -0.468 e. The number of aryl methyl sites for hydroxylation is 2. The van der Waals surface area contributed by atoms with Gasteiger partial charge in [0.1, 0.15) is 5.76 Å². The summed E-state index contributed by atoms with van der Waals surface area (Å²) in [5.41, 5.74) is 2.62. The third-order valence-electron chi connectivity index (χ3n) is 6.52. The Balaban J connectivity index is 1.59. The Morgan fingerprint density at radius 2 is 1.85 bits per heavy atom. The number of rotatable bonds is 8. The molecule has 0 saturated heterocycles. The summed E-state index contributed by atoms with van der Waals surface area (Å²) in [6.07, 6.45) is -2.38. The van der Waals surface area contributed by atoms with Crippen molar-refractivity contribution < 1.29 is 27.2 Å². The lowest BCUT2D eigenvalue weighted by atomic mass is 9.85. The lowest BCUT2D eigenvalue weighted by Crippen LogP contribution is -2.31. The third-order valence-corrected chi connectivity index (χ3v) is 7.54. The zero-order chi connectivity index (χ0) is 29.7. The van der Waals surface area contributed by atoms with E-state index in [1.165, 1.54) is 18.4 Å². The number of amides is 2. The molecule has 11 heteroatoms. The van der Waals surface area contributed by atoms with Crippen LogP contribution in [-0.2, 0) is 22.2 Å². The topological polar surface area (TPSA) is 107 Å². The van der Waals surface area contributed by atoms with Crippen molar-refractivity contribution in [3.05, 3.63) is 105 Å². The monoisotopic (exact) mass is 580 g/mol. The number of dihydropyridines is 1. The molecular weight excluding hydrogens is 553 g/mol. The summed E-state index contributed by atoms with van der Waals surface area (Å²) in [7, 11) is 0. The summed E-state index contributed by atoms with van der Waals surface area (Å²) >= 11 is 1.00. The molecule has 7 nitrogen and oxygen atoms in total. The van der Waals surface area contributed by atoms with Crippen molar-refractivity contribution in [2.24, 2.45) is 0 Å². The maximum atomic E-state index is 13.7. The fourth-order valence-electron chi connectivity index (χ4n) is 4.56. The smallest absolute Gasteiger partial charge is 0.416 e. The Morgan fingerprint density at radius 1 is 1.10 bits per heavy atom. The van der Waals surface area contributed by atoms with Crippen LogP contribution in [0, 0.1) is 18.3 Å². The fourth-order valence-corrected chi connectivity index (χ4v) is 5.45. The first-order valence-electron chi connectivity index (χ1n) is 12.7. The molecule has 0 bridgehead atoms. The van der Waals surface area contributed by atoms with E-state index in [-0.39, 0.29) is 17.0 Å². The lowest BCUT2D eigenvalue weighted by Gasteiger charge is -2.28. The summed E-state index contributed by atoms with van der Waals surface area (Å²) < 4.78 is 44.7. The second-order valence-electron chi connectivity index (χ2n) is 9.30. The molecule has 0 aliphatic carbocycles. The van der Waals surface area contributed by atoms with E-state index in [1.54, 1.807) is 19.1 Å². The minimum atomic E-state index is -4.54. The number of hydrogen-bond acceptors (Lipinski definition) is 6. The van der Waals surface area contributed by atoms with E-state index in [0.29, 0.717) is 34.2 Å². The summed E-state index contributed by atoms with van der Waals surface area (Å²) in [5, 5.41) is 19.1. The van der Waals surface area contributed by atoms with Crippen LogP contribution in [0.15, 0.2) is 87.1 Å². The van der Waals surface area contributed by atoms with Gasteiger partial charge in [0.2, 0.25) is 5.91 Å². The number of allylic oxidation sites excluding steroid dienone is 2. The van der Waals surface area contributed by atoms with Gasteiger partial charge >= 0.3 is 6.18 Å². The van der Waals surface area contributed by atoms with Crippen LogP contribution in [0.1, 0.15) is 42.2 Å². The van der Waals surface area contributed by atoms with Crippen LogP contribution in [-0.4, -0.2) is 17.6 Å². The van der Waals surface area contributed by atoms with Gasteiger partial charge < -0.3 is 20.4 Å². The van der Waals surface area contributed by atoms with Gasteiger partial charge in [-0.25, -0.2) is 0 Å². The van der Waals surface area contributed by atoms with Gasteiger partial charge in [0, 0.05) is 17.1 Å². The average Bonchev–Trinajstić information content (AvgIpc) is 3.47. The van der Waals surface area contributed by atoms with Gasteiger partial charge in [-0.05, 0) is 61.7 Å². The molecule has 0 radical (unpaired) electrons. The lowest BCUT2D eigenvalue weighted by molar-refractivity contribution is -0.137. The van der Waals surface area contributed by atoms with Crippen molar-refractivity contribution in [2.45, 2.75) is 39.3 Å². The predicted molar refractivity (Wildman–Crippen MR) is 152 cm³/mol.